The Morgan fingerprint density at radius 1 is 0.538 bits per heavy atom. The number of ether oxygens (including phenoxy) is 1. The Labute approximate surface area is 226 Å². The Bertz CT molecular complexity index is 2040. The molecule has 0 amide bonds. The Morgan fingerprint density at radius 2 is 1.15 bits per heavy atom. The Kier molecular flexibility index (Phi) is 4.58. The van der Waals surface area contributed by atoms with Gasteiger partial charge in [0.1, 0.15) is 0 Å². The molecule has 0 radical (unpaired) electrons. The van der Waals surface area contributed by atoms with Crippen molar-refractivity contribution in [2.75, 3.05) is 4.90 Å². The number of para-hydroxylation sites is 4. The van der Waals surface area contributed by atoms with Crippen LogP contribution in [-0.2, 0) is 9.84 Å². The fourth-order valence-electron chi connectivity index (χ4n) is 5.82. The number of hydrogen-bond acceptors (Lipinski definition) is 4. The lowest BCUT2D eigenvalue weighted by Gasteiger charge is -2.32. The average molecular weight is 524 g/mol. The molecule has 0 unspecified atom stereocenters. The van der Waals surface area contributed by atoms with Gasteiger partial charge in [-0.15, -0.1) is 0 Å². The van der Waals surface area contributed by atoms with Gasteiger partial charge < -0.3 is 9.64 Å². The largest absolute Gasteiger partial charge is 0.453 e. The first-order valence-electron chi connectivity index (χ1n) is 12.8. The predicted octanol–water partition coefficient (Wildman–Crippen LogP) is 8.90. The summed E-state index contributed by atoms with van der Waals surface area (Å²) in [5.41, 5.74) is 6.48. The third kappa shape index (κ3) is 3.20. The molecule has 0 saturated carbocycles. The van der Waals surface area contributed by atoms with Crippen LogP contribution < -0.4 is 9.64 Å². The normalized spacial score (nSPS) is 14.2. The molecule has 0 atom stereocenters. The maximum Gasteiger partial charge on any atom is 0.207 e. The van der Waals surface area contributed by atoms with Gasteiger partial charge in [0, 0.05) is 16.8 Å². The van der Waals surface area contributed by atoms with Crippen LogP contribution in [0.4, 0.5) is 17.1 Å². The lowest BCUT2D eigenvalue weighted by Crippen LogP contribution is -2.15. The summed E-state index contributed by atoms with van der Waals surface area (Å²) in [4.78, 5) is 2.98. The maximum absolute atomic E-state index is 13.2. The zero-order valence-corrected chi connectivity index (χ0v) is 21.5. The maximum atomic E-state index is 13.2. The third-order valence-electron chi connectivity index (χ3n) is 7.59. The van der Waals surface area contributed by atoms with Crippen molar-refractivity contribution >= 4 is 37.7 Å². The summed E-state index contributed by atoms with van der Waals surface area (Å²) in [5.74, 6) is 1.64. The first-order valence-corrected chi connectivity index (χ1v) is 14.3. The van der Waals surface area contributed by atoms with E-state index in [1.807, 2.05) is 60.7 Å². The summed E-state index contributed by atoms with van der Waals surface area (Å²) in [5, 5.41) is 2.18. The Morgan fingerprint density at radius 3 is 1.95 bits per heavy atom. The number of benzene rings is 6. The second kappa shape index (κ2) is 8.06. The first-order chi connectivity index (χ1) is 19.1. The van der Waals surface area contributed by atoms with E-state index in [-0.39, 0.29) is 0 Å². The van der Waals surface area contributed by atoms with E-state index in [2.05, 4.69) is 53.4 Å². The highest BCUT2D eigenvalue weighted by molar-refractivity contribution is 7.92. The Hall–Kier alpha value is -4.87. The molecule has 186 valence electrons. The summed E-state index contributed by atoms with van der Waals surface area (Å²) in [6.07, 6.45) is 0. The second-order valence-corrected chi connectivity index (χ2v) is 11.7. The average Bonchev–Trinajstić information content (AvgIpc) is 3.22. The van der Waals surface area contributed by atoms with Crippen molar-refractivity contribution in [3.63, 3.8) is 0 Å². The molecule has 2 heterocycles. The van der Waals surface area contributed by atoms with Crippen LogP contribution in [0.5, 0.6) is 11.5 Å². The second-order valence-electron chi connectivity index (χ2n) is 9.80. The number of sulfone groups is 1. The SMILES string of the molecule is O=S1(=O)c2ccccc2-c2c(-c3ccc4cc(N5c6ccccc6Oc6ccccc65)ccc4c3)cccc21. The molecule has 5 heteroatoms. The number of fused-ring (bicyclic) bond motifs is 6. The fourth-order valence-corrected chi connectivity index (χ4v) is 7.52. The highest BCUT2D eigenvalue weighted by Gasteiger charge is 2.34. The molecule has 0 fully saturated rings. The van der Waals surface area contributed by atoms with Gasteiger partial charge in [0.2, 0.25) is 9.84 Å². The molecular formula is C34H21NO3S. The van der Waals surface area contributed by atoms with Gasteiger partial charge >= 0.3 is 0 Å². The van der Waals surface area contributed by atoms with E-state index in [9.17, 15) is 8.42 Å². The molecular weight excluding hydrogens is 502 g/mol. The fraction of sp³-hybridized carbons (Fsp3) is 0. The van der Waals surface area contributed by atoms with Crippen LogP contribution in [0.15, 0.2) is 137 Å². The van der Waals surface area contributed by atoms with Crippen molar-refractivity contribution in [1.82, 2.24) is 0 Å². The molecule has 2 aliphatic rings. The van der Waals surface area contributed by atoms with Gasteiger partial charge in [-0.25, -0.2) is 8.42 Å². The lowest BCUT2D eigenvalue weighted by molar-refractivity contribution is 0.477. The number of anilines is 3. The minimum absolute atomic E-state index is 0.376. The van der Waals surface area contributed by atoms with Crippen molar-refractivity contribution in [2.24, 2.45) is 0 Å². The van der Waals surface area contributed by atoms with E-state index in [1.165, 1.54) is 0 Å². The van der Waals surface area contributed by atoms with E-state index in [0.717, 1.165) is 61.6 Å². The molecule has 0 spiro atoms. The summed E-state index contributed by atoms with van der Waals surface area (Å²) in [6.45, 7) is 0. The van der Waals surface area contributed by atoms with Gasteiger partial charge in [-0.1, -0.05) is 72.8 Å². The first kappa shape index (κ1) is 22.1. The molecule has 6 aromatic rings. The molecule has 8 rings (SSSR count). The van der Waals surface area contributed by atoms with Crippen molar-refractivity contribution in [3.05, 3.63) is 127 Å². The van der Waals surface area contributed by atoms with Crippen LogP contribution in [0, 0.1) is 0 Å². The number of nitrogens with zero attached hydrogens (tertiary/aromatic N) is 1. The molecule has 0 saturated heterocycles. The van der Waals surface area contributed by atoms with Crippen LogP contribution in [0.3, 0.4) is 0 Å². The van der Waals surface area contributed by atoms with E-state index >= 15 is 0 Å². The molecule has 0 aromatic heterocycles. The van der Waals surface area contributed by atoms with E-state index in [1.54, 1.807) is 18.2 Å². The highest BCUT2D eigenvalue weighted by atomic mass is 32.2. The monoisotopic (exact) mass is 523 g/mol. The van der Waals surface area contributed by atoms with Gasteiger partial charge in [-0.05, 0) is 76.5 Å². The van der Waals surface area contributed by atoms with Gasteiger partial charge in [0.05, 0.1) is 21.2 Å². The van der Waals surface area contributed by atoms with Crippen LogP contribution in [0.1, 0.15) is 0 Å². The highest BCUT2D eigenvalue weighted by Crippen LogP contribution is 2.51. The molecule has 0 bridgehead atoms. The minimum atomic E-state index is -3.52. The summed E-state index contributed by atoms with van der Waals surface area (Å²) >= 11 is 0. The van der Waals surface area contributed by atoms with E-state index in [0.29, 0.717) is 9.79 Å². The molecule has 0 aliphatic carbocycles. The van der Waals surface area contributed by atoms with Gasteiger partial charge in [-0.3, -0.25) is 0 Å². The van der Waals surface area contributed by atoms with Crippen LogP contribution >= 0.6 is 0 Å². The summed E-state index contributed by atoms with van der Waals surface area (Å²) in [7, 11) is -3.52. The number of hydrogen-bond donors (Lipinski definition) is 0. The zero-order chi connectivity index (χ0) is 26.1. The van der Waals surface area contributed by atoms with Crippen LogP contribution in [0.25, 0.3) is 33.0 Å². The summed E-state index contributed by atoms with van der Waals surface area (Å²) in [6, 6.07) is 41.7. The minimum Gasteiger partial charge on any atom is -0.453 e. The van der Waals surface area contributed by atoms with Crippen LogP contribution in [0.2, 0.25) is 0 Å². The summed E-state index contributed by atoms with van der Waals surface area (Å²) < 4.78 is 32.6. The van der Waals surface area contributed by atoms with Gasteiger partial charge in [0.15, 0.2) is 11.5 Å². The van der Waals surface area contributed by atoms with E-state index in [4.69, 9.17) is 4.74 Å². The van der Waals surface area contributed by atoms with Crippen molar-refractivity contribution in [2.45, 2.75) is 9.79 Å². The van der Waals surface area contributed by atoms with Crippen molar-refractivity contribution < 1.29 is 13.2 Å². The Balaban J connectivity index is 1.27. The molecule has 0 N–H and O–H groups in total. The quantitative estimate of drug-likeness (QED) is 0.227. The van der Waals surface area contributed by atoms with Crippen molar-refractivity contribution in [1.29, 1.82) is 0 Å². The third-order valence-corrected chi connectivity index (χ3v) is 9.44. The van der Waals surface area contributed by atoms with Crippen molar-refractivity contribution in [3.8, 4) is 33.8 Å². The zero-order valence-electron chi connectivity index (χ0n) is 20.7. The van der Waals surface area contributed by atoms with E-state index < -0.39 is 9.84 Å². The molecule has 4 nitrogen and oxygen atoms in total. The predicted molar refractivity (Wildman–Crippen MR) is 155 cm³/mol. The molecule has 39 heavy (non-hydrogen) atoms. The number of rotatable bonds is 2. The molecule has 2 aliphatic heterocycles. The topological polar surface area (TPSA) is 46.6 Å². The van der Waals surface area contributed by atoms with Gasteiger partial charge in [-0.2, -0.15) is 0 Å². The van der Waals surface area contributed by atoms with Gasteiger partial charge in [0.25, 0.3) is 0 Å². The smallest absolute Gasteiger partial charge is 0.207 e. The van der Waals surface area contributed by atoms with Crippen LogP contribution in [-0.4, -0.2) is 8.42 Å². The molecule has 6 aromatic carbocycles. The lowest BCUT2D eigenvalue weighted by atomic mass is 9.93. The standard InChI is InChI=1S/C34H21NO3S/c36-39(37)32-14-6-1-8-27(32)34-26(9-7-15-33(34)39)24-17-16-23-21-25(19-18-22(23)20-24)35-28-10-2-4-12-30(28)38-31-13-5-3-11-29(31)35/h1-21H.